The van der Waals surface area contributed by atoms with Gasteiger partial charge in [0.15, 0.2) is 11.5 Å². The number of hydrogen-bond acceptors (Lipinski definition) is 5. The van der Waals surface area contributed by atoms with Gasteiger partial charge in [-0.15, -0.1) is 0 Å². The molecule has 2 N–H and O–H groups in total. The minimum Gasteiger partial charge on any atom is -0.486 e. The van der Waals surface area contributed by atoms with Crippen LogP contribution in [0.15, 0.2) is 18.2 Å². The number of hydrogen-bond donors (Lipinski definition) is 2. The summed E-state index contributed by atoms with van der Waals surface area (Å²) in [4.78, 5) is 25.3. The molecule has 27 heavy (non-hydrogen) atoms. The third-order valence-corrected chi connectivity index (χ3v) is 4.36. The van der Waals surface area contributed by atoms with E-state index in [2.05, 4.69) is 0 Å². The van der Waals surface area contributed by atoms with Crippen molar-refractivity contribution in [3.63, 3.8) is 0 Å². The van der Waals surface area contributed by atoms with E-state index in [1.165, 1.54) is 0 Å². The van der Waals surface area contributed by atoms with E-state index in [0.29, 0.717) is 31.3 Å². The van der Waals surface area contributed by atoms with Gasteiger partial charge in [-0.3, -0.25) is 15.0 Å². The number of imide groups is 1. The van der Waals surface area contributed by atoms with Crippen LogP contribution in [0.1, 0.15) is 24.4 Å². The lowest BCUT2D eigenvalue weighted by molar-refractivity contribution is -0.125. The van der Waals surface area contributed by atoms with E-state index < -0.39 is 24.7 Å². The van der Waals surface area contributed by atoms with Gasteiger partial charge in [-0.2, -0.15) is 13.2 Å². The predicted octanol–water partition coefficient (Wildman–Crippen LogP) is 1.98. The molecule has 2 aliphatic heterocycles. The van der Waals surface area contributed by atoms with Crippen molar-refractivity contribution in [2.45, 2.75) is 25.1 Å². The predicted molar refractivity (Wildman–Crippen MR) is 88.6 cm³/mol. The molecule has 2 heterocycles. The Labute approximate surface area is 153 Å². The summed E-state index contributed by atoms with van der Waals surface area (Å²) in [6.45, 7) is 0.0453. The fourth-order valence-corrected chi connectivity index (χ4v) is 3.24. The molecule has 0 bridgehead atoms. The van der Waals surface area contributed by atoms with Gasteiger partial charge in [0, 0.05) is 6.04 Å². The molecule has 1 fully saturated rings. The quantitative estimate of drug-likeness (QED) is 0.826. The van der Waals surface area contributed by atoms with Gasteiger partial charge < -0.3 is 14.8 Å². The number of alkyl halides is 3. The number of carbonyl (C=O) groups is 2. The maximum atomic E-state index is 12.1. The van der Waals surface area contributed by atoms with Crippen molar-refractivity contribution in [3.8, 4) is 11.5 Å². The van der Waals surface area contributed by atoms with Gasteiger partial charge in [0.2, 0.25) is 5.91 Å². The summed E-state index contributed by atoms with van der Waals surface area (Å²) < 4.78 is 47.3. The minimum atomic E-state index is -4.53. The second kappa shape index (κ2) is 8.03. The van der Waals surface area contributed by atoms with E-state index in [1.807, 2.05) is 28.4 Å². The van der Waals surface area contributed by atoms with Crippen LogP contribution in [0.5, 0.6) is 11.5 Å². The first-order valence-corrected chi connectivity index (χ1v) is 8.60. The van der Waals surface area contributed by atoms with Crippen LogP contribution in [0.2, 0.25) is 0 Å². The summed E-state index contributed by atoms with van der Waals surface area (Å²) in [6.07, 6.45) is -2.83. The zero-order chi connectivity index (χ0) is 19.4. The van der Waals surface area contributed by atoms with Crippen LogP contribution >= 0.6 is 0 Å². The number of likely N-dealkylation sites (tertiary alicyclic amines) is 1. The number of nitrogens with zero attached hydrogens (tertiary/aromatic N) is 1. The van der Waals surface area contributed by atoms with Crippen molar-refractivity contribution < 1.29 is 32.2 Å². The number of benzene rings is 1. The van der Waals surface area contributed by atoms with Crippen molar-refractivity contribution >= 4 is 11.9 Å². The van der Waals surface area contributed by atoms with E-state index in [-0.39, 0.29) is 12.6 Å². The fraction of sp³-hybridized carbons (Fsp3) is 0.529. The molecule has 2 aliphatic rings. The first kappa shape index (κ1) is 19.3. The van der Waals surface area contributed by atoms with Crippen LogP contribution in [0, 0.1) is 0 Å². The highest BCUT2D eigenvalue weighted by atomic mass is 19.4. The summed E-state index contributed by atoms with van der Waals surface area (Å²) in [5.74, 6) is 0.675. The Kier molecular flexibility index (Phi) is 5.73. The van der Waals surface area contributed by atoms with Gasteiger partial charge in [-0.05, 0) is 37.1 Å². The number of urea groups is 1. The van der Waals surface area contributed by atoms with Gasteiger partial charge >= 0.3 is 12.2 Å². The van der Waals surface area contributed by atoms with E-state index in [0.717, 1.165) is 18.4 Å². The number of rotatable bonds is 4. The highest BCUT2D eigenvalue weighted by molar-refractivity contribution is 5.95. The Morgan fingerprint density at radius 2 is 1.93 bits per heavy atom. The Hall–Kier alpha value is -2.49. The molecule has 148 valence electrons. The Bertz CT molecular complexity index is 711. The Morgan fingerprint density at radius 3 is 2.67 bits per heavy atom. The lowest BCUT2D eigenvalue weighted by Gasteiger charge is -2.26. The standard InChI is InChI=1S/C17H20F3N3O4/c18-17(19,20)10-21-16(25)22-15(24)9-23-5-1-2-12(23)11-3-4-13-14(8-11)27-7-6-26-13/h3-4,8,12H,1-2,5-7,9-10H2,(H2,21,22,24,25). The van der Waals surface area contributed by atoms with Gasteiger partial charge in [0.05, 0.1) is 6.54 Å². The SMILES string of the molecule is O=C(CN1CCCC1c1ccc2c(c1)OCCO2)NC(=O)NCC(F)(F)F. The first-order valence-electron chi connectivity index (χ1n) is 8.60. The number of nitrogens with one attached hydrogen (secondary N) is 2. The molecular weight excluding hydrogens is 367 g/mol. The summed E-state index contributed by atoms with van der Waals surface area (Å²) in [5.41, 5.74) is 0.964. The van der Waals surface area contributed by atoms with Crippen molar-refractivity contribution in [2.75, 3.05) is 32.8 Å². The minimum absolute atomic E-state index is 0.0372. The lowest BCUT2D eigenvalue weighted by Crippen LogP contribution is -2.46. The molecule has 0 radical (unpaired) electrons. The van der Waals surface area contributed by atoms with Crippen LogP contribution in [0.25, 0.3) is 0 Å². The number of carbonyl (C=O) groups excluding carboxylic acids is 2. The van der Waals surface area contributed by atoms with E-state index in [1.54, 1.807) is 5.32 Å². The monoisotopic (exact) mass is 387 g/mol. The van der Waals surface area contributed by atoms with Gasteiger partial charge in [0.1, 0.15) is 19.8 Å². The molecule has 1 unspecified atom stereocenters. The summed E-state index contributed by atoms with van der Waals surface area (Å²) in [6, 6.07) is 4.41. The first-order chi connectivity index (χ1) is 12.8. The maximum absolute atomic E-state index is 12.1. The lowest BCUT2D eigenvalue weighted by atomic mass is 10.0. The van der Waals surface area contributed by atoms with Crippen LogP contribution in [0.3, 0.4) is 0 Å². The summed E-state index contributed by atoms with van der Waals surface area (Å²) in [5, 5.41) is 3.54. The molecule has 3 amide bonds. The van der Waals surface area contributed by atoms with E-state index in [4.69, 9.17) is 9.47 Å². The van der Waals surface area contributed by atoms with Crippen molar-refractivity contribution in [3.05, 3.63) is 23.8 Å². The molecule has 1 atom stereocenters. The number of ether oxygens (including phenoxy) is 2. The molecule has 1 aromatic rings. The number of fused-ring (bicyclic) bond motifs is 1. The molecule has 3 rings (SSSR count). The zero-order valence-electron chi connectivity index (χ0n) is 14.5. The number of halogens is 3. The topological polar surface area (TPSA) is 79.9 Å². The van der Waals surface area contributed by atoms with Crippen LogP contribution in [-0.2, 0) is 4.79 Å². The molecule has 0 spiro atoms. The van der Waals surface area contributed by atoms with E-state index in [9.17, 15) is 22.8 Å². The van der Waals surface area contributed by atoms with Crippen molar-refractivity contribution in [1.29, 1.82) is 0 Å². The third kappa shape index (κ3) is 5.25. The van der Waals surface area contributed by atoms with Crippen LogP contribution in [0.4, 0.5) is 18.0 Å². The van der Waals surface area contributed by atoms with Crippen LogP contribution < -0.4 is 20.1 Å². The third-order valence-electron chi connectivity index (χ3n) is 4.36. The maximum Gasteiger partial charge on any atom is 0.405 e. The normalized spacial score (nSPS) is 19.6. The Morgan fingerprint density at radius 1 is 1.19 bits per heavy atom. The number of amides is 3. The van der Waals surface area contributed by atoms with Gasteiger partial charge in [-0.25, -0.2) is 4.79 Å². The highest BCUT2D eigenvalue weighted by Gasteiger charge is 2.30. The average Bonchev–Trinajstić information content (AvgIpc) is 3.07. The highest BCUT2D eigenvalue weighted by Crippen LogP contribution is 2.37. The van der Waals surface area contributed by atoms with Gasteiger partial charge in [0.25, 0.3) is 0 Å². The van der Waals surface area contributed by atoms with Crippen LogP contribution in [-0.4, -0.2) is 55.9 Å². The van der Waals surface area contributed by atoms with Gasteiger partial charge in [-0.1, -0.05) is 6.07 Å². The summed E-state index contributed by atoms with van der Waals surface area (Å²) in [7, 11) is 0. The molecule has 10 heteroatoms. The zero-order valence-corrected chi connectivity index (χ0v) is 14.5. The smallest absolute Gasteiger partial charge is 0.405 e. The fourth-order valence-electron chi connectivity index (χ4n) is 3.24. The van der Waals surface area contributed by atoms with Crippen molar-refractivity contribution in [2.24, 2.45) is 0 Å². The molecule has 0 aromatic heterocycles. The van der Waals surface area contributed by atoms with E-state index >= 15 is 0 Å². The molecule has 0 saturated carbocycles. The summed E-state index contributed by atoms with van der Waals surface area (Å²) >= 11 is 0. The molecular formula is C17H20F3N3O4. The molecule has 1 aromatic carbocycles. The molecule has 7 nitrogen and oxygen atoms in total. The Balaban J connectivity index is 1.56. The largest absolute Gasteiger partial charge is 0.486 e. The average molecular weight is 387 g/mol. The molecule has 0 aliphatic carbocycles. The van der Waals surface area contributed by atoms with Crippen molar-refractivity contribution in [1.82, 2.24) is 15.5 Å². The second-order valence-corrected chi connectivity index (χ2v) is 6.38. The second-order valence-electron chi connectivity index (χ2n) is 6.38. The molecule has 1 saturated heterocycles.